The summed E-state index contributed by atoms with van der Waals surface area (Å²) >= 11 is 1.45. The number of thiazole rings is 1. The van der Waals surface area contributed by atoms with Crippen molar-refractivity contribution in [1.29, 1.82) is 5.26 Å². The Hall–Kier alpha value is -4.01. The number of aromatic nitrogens is 1. The Bertz CT molecular complexity index is 1400. The molecular formula is C27H19N3OS. The van der Waals surface area contributed by atoms with Crippen molar-refractivity contribution < 1.29 is 4.79 Å². The van der Waals surface area contributed by atoms with Crippen LogP contribution in [0.2, 0.25) is 0 Å². The lowest BCUT2D eigenvalue weighted by atomic mass is 10.0. The number of hydrogen-bond acceptors (Lipinski definition) is 4. The average molecular weight is 434 g/mol. The van der Waals surface area contributed by atoms with Gasteiger partial charge in [-0.2, -0.15) is 5.26 Å². The zero-order valence-corrected chi connectivity index (χ0v) is 18.1. The van der Waals surface area contributed by atoms with Crippen LogP contribution in [0.15, 0.2) is 78.7 Å². The number of amides is 1. The number of nitrogens with zero attached hydrogens (tertiary/aromatic N) is 3. The molecule has 1 aliphatic rings. The van der Waals surface area contributed by atoms with E-state index in [1.54, 1.807) is 4.90 Å². The lowest BCUT2D eigenvalue weighted by Gasteiger charge is -2.16. The van der Waals surface area contributed by atoms with Crippen LogP contribution in [0.1, 0.15) is 32.2 Å². The highest BCUT2D eigenvalue weighted by molar-refractivity contribution is 7.11. The highest BCUT2D eigenvalue weighted by Gasteiger charge is 2.30. The fourth-order valence-electron chi connectivity index (χ4n) is 4.02. The first-order valence-electron chi connectivity index (χ1n) is 10.3. The molecule has 0 bridgehead atoms. The van der Waals surface area contributed by atoms with Crippen LogP contribution in [0.5, 0.6) is 0 Å². The molecule has 154 valence electrons. The van der Waals surface area contributed by atoms with Gasteiger partial charge in [0.15, 0.2) is 0 Å². The number of nitriles is 1. The molecule has 5 rings (SSSR count). The van der Waals surface area contributed by atoms with E-state index in [1.165, 1.54) is 11.3 Å². The molecule has 0 unspecified atom stereocenters. The molecule has 0 saturated carbocycles. The number of hydrogen-bond donors (Lipinski definition) is 0. The van der Waals surface area contributed by atoms with Crippen molar-refractivity contribution in [2.45, 2.75) is 6.42 Å². The summed E-state index contributed by atoms with van der Waals surface area (Å²) in [6, 6.07) is 24.0. The van der Waals surface area contributed by atoms with E-state index in [-0.39, 0.29) is 5.91 Å². The highest BCUT2D eigenvalue weighted by Crippen LogP contribution is 2.31. The standard InChI is InChI=1S/C27H19N3OS/c1-18-23-10-4-5-12-25(23)27(31)30(18)14-13-22-17-32-26(29-22)21(16-28)15-20-9-6-8-19-7-2-3-11-24(19)20/h2-12,15,17H,1,13-14H2/b21-15+. The van der Waals surface area contributed by atoms with Gasteiger partial charge in [-0.25, -0.2) is 4.98 Å². The molecule has 0 spiro atoms. The minimum absolute atomic E-state index is 0.0189. The fraction of sp³-hybridized carbons (Fsp3) is 0.0741. The maximum Gasteiger partial charge on any atom is 0.258 e. The second kappa shape index (κ2) is 8.26. The van der Waals surface area contributed by atoms with Crippen LogP contribution in [-0.4, -0.2) is 22.3 Å². The predicted molar refractivity (Wildman–Crippen MR) is 130 cm³/mol. The zero-order chi connectivity index (χ0) is 22.1. The Morgan fingerprint density at radius 3 is 2.62 bits per heavy atom. The number of benzene rings is 3. The first-order valence-corrected chi connectivity index (χ1v) is 11.2. The van der Waals surface area contributed by atoms with Gasteiger partial charge in [0.1, 0.15) is 11.1 Å². The molecule has 0 atom stereocenters. The Kier molecular flexibility index (Phi) is 5.14. The van der Waals surface area contributed by atoms with Crippen LogP contribution in [0.3, 0.4) is 0 Å². The van der Waals surface area contributed by atoms with Gasteiger partial charge >= 0.3 is 0 Å². The predicted octanol–water partition coefficient (Wildman–Crippen LogP) is 6.03. The molecule has 5 heteroatoms. The lowest BCUT2D eigenvalue weighted by Crippen LogP contribution is -2.25. The van der Waals surface area contributed by atoms with Crippen LogP contribution in [0.25, 0.3) is 28.1 Å². The van der Waals surface area contributed by atoms with Crippen LogP contribution in [0, 0.1) is 11.3 Å². The van der Waals surface area contributed by atoms with Gasteiger partial charge in [0.05, 0.1) is 11.3 Å². The third kappa shape index (κ3) is 3.51. The van der Waals surface area contributed by atoms with Crippen molar-refractivity contribution in [1.82, 2.24) is 9.88 Å². The normalized spacial score (nSPS) is 13.5. The molecule has 32 heavy (non-hydrogen) atoms. The summed E-state index contributed by atoms with van der Waals surface area (Å²) in [4.78, 5) is 19.1. The van der Waals surface area contributed by atoms with E-state index in [4.69, 9.17) is 0 Å². The fourth-order valence-corrected chi connectivity index (χ4v) is 4.84. The van der Waals surface area contributed by atoms with E-state index in [9.17, 15) is 10.1 Å². The second-order valence-corrected chi connectivity index (χ2v) is 8.44. The van der Waals surface area contributed by atoms with Crippen LogP contribution in [0.4, 0.5) is 0 Å². The molecule has 0 saturated heterocycles. The number of carbonyl (C=O) groups excluding carboxylic acids is 1. The Labute approximate surface area is 190 Å². The molecule has 0 N–H and O–H groups in total. The molecule has 0 radical (unpaired) electrons. The SMILES string of the molecule is C=C1c2ccccc2C(=O)N1CCc1csc(/C(C#N)=C/c2cccc3ccccc23)n1. The quantitative estimate of drug-likeness (QED) is 0.361. The first kappa shape index (κ1) is 19.9. The van der Waals surface area contributed by atoms with Crippen molar-refractivity contribution in [2.24, 2.45) is 0 Å². The molecule has 4 aromatic rings. The molecule has 4 nitrogen and oxygen atoms in total. The minimum Gasteiger partial charge on any atom is -0.308 e. The van der Waals surface area contributed by atoms with E-state index in [0.29, 0.717) is 29.1 Å². The van der Waals surface area contributed by atoms with Gasteiger partial charge in [-0.05, 0) is 28.5 Å². The van der Waals surface area contributed by atoms with Crippen molar-refractivity contribution >= 4 is 45.4 Å². The van der Waals surface area contributed by atoms with Crippen molar-refractivity contribution in [3.63, 3.8) is 0 Å². The molecule has 1 aliphatic heterocycles. The van der Waals surface area contributed by atoms with Gasteiger partial charge in [0.25, 0.3) is 5.91 Å². The minimum atomic E-state index is -0.0189. The topological polar surface area (TPSA) is 57.0 Å². The van der Waals surface area contributed by atoms with Gasteiger partial charge in [-0.3, -0.25) is 4.79 Å². The summed E-state index contributed by atoms with van der Waals surface area (Å²) < 4.78 is 0. The van der Waals surface area contributed by atoms with Crippen LogP contribution >= 0.6 is 11.3 Å². The highest BCUT2D eigenvalue weighted by atomic mass is 32.1. The van der Waals surface area contributed by atoms with E-state index in [1.807, 2.05) is 60.0 Å². The van der Waals surface area contributed by atoms with Gasteiger partial charge in [0.2, 0.25) is 0 Å². The summed E-state index contributed by atoms with van der Waals surface area (Å²) in [7, 11) is 0. The molecule has 1 amide bonds. The molecule has 1 aromatic heterocycles. The molecule has 2 heterocycles. The Balaban J connectivity index is 1.35. The Morgan fingerprint density at radius 1 is 1.06 bits per heavy atom. The van der Waals surface area contributed by atoms with Crippen molar-refractivity contribution in [3.05, 3.63) is 106 Å². The van der Waals surface area contributed by atoms with Gasteiger partial charge in [-0.1, -0.05) is 67.2 Å². The largest absolute Gasteiger partial charge is 0.308 e. The average Bonchev–Trinajstić information content (AvgIpc) is 3.39. The molecular weight excluding hydrogens is 414 g/mol. The number of allylic oxidation sites excluding steroid dienone is 1. The summed E-state index contributed by atoms with van der Waals surface area (Å²) in [6.07, 6.45) is 2.50. The van der Waals surface area contributed by atoms with Crippen molar-refractivity contribution in [3.8, 4) is 6.07 Å². The maximum absolute atomic E-state index is 12.7. The monoisotopic (exact) mass is 433 g/mol. The van der Waals surface area contributed by atoms with Gasteiger partial charge in [-0.15, -0.1) is 11.3 Å². The Morgan fingerprint density at radius 2 is 1.81 bits per heavy atom. The molecule has 0 aliphatic carbocycles. The number of carbonyl (C=O) groups is 1. The zero-order valence-electron chi connectivity index (χ0n) is 17.3. The third-order valence-electron chi connectivity index (χ3n) is 5.66. The van der Waals surface area contributed by atoms with E-state index < -0.39 is 0 Å². The van der Waals surface area contributed by atoms with Crippen LogP contribution in [-0.2, 0) is 6.42 Å². The summed E-state index contributed by atoms with van der Waals surface area (Å²) in [5, 5.41) is 14.7. The lowest BCUT2D eigenvalue weighted by molar-refractivity contribution is 0.0851. The third-order valence-corrected chi connectivity index (χ3v) is 6.58. The van der Waals surface area contributed by atoms with Crippen molar-refractivity contribution in [2.75, 3.05) is 6.54 Å². The summed E-state index contributed by atoms with van der Waals surface area (Å²) in [6.45, 7) is 4.60. The first-order chi connectivity index (χ1) is 15.7. The molecule has 0 fully saturated rings. The van der Waals surface area contributed by atoms with E-state index >= 15 is 0 Å². The van der Waals surface area contributed by atoms with Gasteiger partial charge < -0.3 is 4.90 Å². The smallest absolute Gasteiger partial charge is 0.258 e. The summed E-state index contributed by atoms with van der Waals surface area (Å²) in [5.74, 6) is -0.0189. The van der Waals surface area contributed by atoms with Crippen LogP contribution < -0.4 is 0 Å². The second-order valence-electron chi connectivity index (χ2n) is 7.58. The molecule has 3 aromatic carbocycles. The maximum atomic E-state index is 12.7. The van der Waals surface area contributed by atoms with E-state index in [2.05, 4.69) is 35.8 Å². The summed E-state index contributed by atoms with van der Waals surface area (Å²) in [5.41, 5.74) is 4.71. The number of fused-ring (bicyclic) bond motifs is 2. The number of rotatable bonds is 5. The van der Waals surface area contributed by atoms with E-state index in [0.717, 1.165) is 33.3 Å². The van der Waals surface area contributed by atoms with Gasteiger partial charge in [0, 0.05) is 35.2 Å².